The number of ether oxygens (including phenoxy) is 1. The molecule has 2 saturated heterocycles. The van der Waals surface area contributed by atoms with Crippen LogP contribution in [0.2, 0.25) is 0 Å². The molecule has 1 aromatic rings. The van der Waals surface area contributed by atoms with Gasteiger partial charge in [0.05, 0.1) is 12.2 Å². The first-order valence-electron chi connectivity index (χ1n) is 11.7. The molecule has 0 aromatic heterocycles. The van der Waals surface area contributed by atoms with Crippen LogP contribution in [0.4, 0.5) is 0 Å². The maximum Gasteiger partial charge on any atom is 0.254 e. The molecular weight excluding hydrogens is 390 g/mol. The van der Waals surface area contributed by atoms with Crippen molar-refractivity contribution in [3.63, 3.8) is 0 Å². The normalized spacial score (nSPS) is 23.6. The fraction of sp³-hybridized carbons (Fsp3) is 0.667. The highest BCUT2D eigenvalue weighted by atomic mass is 16.5. The third kappa shape index (κ3) is 6.94. The zero-order chi connectivity index (χ0) is 22.2. The van der Waals surface area contributed by atoms with Gasteiger partial charge in [-0.2, -0.15) is 0 Å². The summed E-state index contributed by atoms with van der Waals surface area (Å²) >= 11 is 0. The van der Waals surface area contributed by atoms with Gasteiger partial charge in [-0.1, -0.05) is 19.1 Å². The van der Waals surface area contributed by atoms with E-state index in [0.29, 0.717) is 25.7 Å². The van der Waals surface area contributed by atoms with Gasteiger partial charge >= 0.3 is 0 Å². The number of piperidine rings is 1. The zero-order valence-electron chi connectivity index (χ0n) is 19.6. The summed E-state index contributed by atoms with van der Waals surface area (Å²) < 4.78 is 5.74. The lowest BCUT2D eigenvalue weighted by Gasteiger charge is -2.35. The maximum atomic E-state index is 12.8. The molecule has 3 rings (SSSR count). The Kier molecular flexibility index (Phi) is 8.72. The largest absolute Gasteiger partial charge is 0.372 e. The number of amides is 1. The fourth-order valence-corrected chi connectivity index (χ4v) is 4.48. The van der Waals surface area contributed by atoms with Crippen LogP contribution in [-0.2, 0) is 11.3 Å². The molecule has 2 aliphatic heterocycles. The van der Waals surface area contributed by atoms with Crippen LogP contribution in [-0.4, -0.2) is 79.7 Å². The van der Waals surface area contributed by atoms with E-state index in [9.17, 15) is 4.79 Å². The molecule has 7 heteroatoms. The van der Waals surface area contributed by atoms with E-state index in [0.717, 1.165) is 43.0 Å². The highest BCUT2D eigenvalue weighted by Crippen LogP contribution is 2.15. The van der Waals surface area contributed by atoms with Crippen molar-refractivity contribution in [3.8, 4) is 0 Å². The van der Waals surface area contributed by atoms with E-state index in [4.69, 9.17) is 4.74 Å². The van der Waals surface area contributed by atoms with E-state index < -0.39 is 0 Å². The summed E-state index contributed by atoms with van der Waals surface area (Å²) in [5.41, 5.74) is 1.85. The third-order valence-corrected chi connectivity index (χ3v) is 6.06. The van der Waals surface area contributed by atoms with Gasteiger partial charge in [0.1, 0.15) is 0 Å². The predicted molar refractivity (Wildman–Crippen MR) is 125 cm³/mol. The number of benzene rings is 1. The van der Waals surface area contributed by atoms with Crippen molar-refractivity contribution >= 4 is 11.9 Å². The van der Waals surface area contributed by atoms with Gasteiger partial charge in [-0.3, -0.25) is 9.79 Å². The van der Waals surface area contributed by atoms with Gasteiger partial charge in [0, 0.05) is 51.4 Å². The van der Waals surface area contributed by atoms with Gasteiger partial charge < -0.3 is 25.2 Å². The highest BCUT2D eigenvalue weighted by Gasteiger charge is 2.26. The summed E-state index contributed by atoms with van der Waals surface area (Å²) in [6.45, 7) is 11.7. The van der Waals surface area contributed by atoms with Crippen molar-refractivity contribution in [2.45, 2.75) is 64.8 Å². The molecule has 2 N–H and O–H groups in total. The Morgan fingerprint density at radius 3 is 2.35 bits per heavy atom. The average Bonchev–Trinajstić information content (AvgIpc) is 2.77. The molecule has 1 amide bonds. The Hall–Kier alpha value is -2.12. The lowest BCUT2D eigenvalue weighted by Crippen LogP contribution is -2.48. The SMILES string of the molecule is CCCN1CCC(NC(=NC)NCc2ccc(C(=O)N3CC(C)OC(C)C3)cc2)CC1. The third-order valence-electron chi connectivity index (χ3n) is 6.06. The lowest BCUT2D eigenvalue weighted by atomic mass is 10.1. The first kappa shape index (κ1) is 23.5. The van der Waals surface area contributed by atoms with Crippen molar-refractivity contribution in [2.75, 3.05) is 39.8 Å². The molecule has 0 saturated carbocycles. The number of morpholine rings is 1. The van der Waals surface area contributed by atoms with Crippen molar-refractivity contribution in [1.82, 2.24) is 20.4 Å². The first-order valence-corrected chi connectivity index (χ1v) is 11.7. The predicted octanol–water partition coefficient (Wildman–Crippen LogP) is 2.48. The van der Waals surface area contributed by atoms with Crippen LogP contribution >= 0.6 is 0 Å². The molecule has 0 bridgehead atoms. The van der Waals surface area contributed by atoms with Crippen LogP contribution in [0.1, 0.15) is 56.0 Å². The van der Waals surface area contributed by atoms with Crippen molar-refractivity contribution in [2.24, 2.45) is 4.99 Å². The Morgan fingerprint density at radius 2 is 1.77 bits per heavy atom. The second-order valence-electron chi connectivity index (χ2n) is 8.85. The summed E-state index contributed by atoms with van der Waals surface area (Å²) in [7, 11) is 1.81. The summed E-state index contributed by atoms with van der Waals surface area (Å²) in [6.07, 6.45) is 3.67. The van der Waals surface area contributed by atoms with Gasteiger partial charge in [0.2, 0.25) is 0 Å². The monoisotopic (exact) mass is 429 g/mol. The minimum atomic E-state index is 0.0772. The zero-order valence-corrected chi connectivity index (χ0v) is 19.6. The second-order valence-corrected chi connectivity index (χ2v) is 8.85. The minimum absolute atomic E-state index is 0.0772. The van der Waals surface area contributed by atoms with Crippen molar-refractivity contribution in [3.05, 3.63) is 35.4 Å². The molecule has 1 aromatic carbocycles. The van der Waals surface area contributed by atoms with Gasteiger partial charge in [0.15, 0.2) is 5.96 Å². The number of nitrogens with one attached hydrogen (secondary N) is 2. The van der Waals surface area contributed by atoms with Gasteiger partial charge in [0.25, 0.3) is 5.91 Å². The second kappa shape index (κ2) is 11.5. The first-order chi connectivity index (χ1) is 15.0. The van der Waals surface area contributed by atoms with E-state index in [1.54, 1.807) is 0 Å². The Balaban J connectivity index is 1.46. The van der Waals surface area contributed by atoms with Gasteiger partial charge in [-0.15, -0.1) is 0 Å². The van der Waals surface area contributed by atoms with Crippen molar-refractivity contribution < 1.29 is 9.53 Å². The summed E-state index contributed by atoms with van der Waals surface area (Å²) in [5.74, 6) is 0.916. The van der Waals surface area contributed by atoms with Gasteiger partial charge in [-0.25, -0.2) is 0 Å². The Labute approximate surface area is 187 Å². The van der Waals surface area contributed by atoms with Crippen LogP contribution in [0.25, 0.3) is 0 Å². The Bertz CT molecular complexity index is 718. The number of carbonyl (C=O) groups is 1. The summed E-state index contributed by atoms with van der Waals surface area (Å²) in [5, 5.41) is 6.97. The Morgan fingerprint density at radius 1 is 1.13 bits per heavy atom. The van der Waals surface area contributed by atoms with E-state index >= 15 is 0 Å². The molecular formula is C24H39N5O2. The molecule has 7 nitrogen and oxygen atoms in total. The molecule has 172 valence electrons. The number of nitrogens with zero attached hydrogens (tertiary/aromatic N) is 3. The smallest absolute Gasteiger partial charge is 0.254 e. The summed E-state index contributed by atoms with van der Waals surface area (Å²) in [4.78, 5) is 21.6. The molecule has 0 radical (unpaired) electrons. The number of rotatable bonds is 6. The maximum absolute atomic E-state index is 12.8. The van der Waals surface area contributed by atoms with Crippen molar-refractivity contribution in [1.29, 1.82) is 0 Å². The number of aliphatic imine (C=N–C) groups is 1. The molecule has 2 unspecified atom stereocenters. The van der Waals surface area contributed by atoms with E-state index in [1.165, 1.54) is 13.0 Å². The van der Waals surface area contributed by atoms with Crippen LogP contribution < -0.4 is 10.6 Å². The molecule has 2 heterocycles. The number of hydrogen-bond donors (Lipinski definition) is 2. The number of carbonyl (C=O) groups excluding carboxylic acids is 1. The van der Waals surface area contributed by atoms with Crippen LogP contribution in [0.15, 0.2) is 29.3 Å². The molecule has 0 spiro atoms. The molecule has 31 heavy (non-hydrogen) atoms. The molecule has 2 aliphatic rings. The number of likely N-dealkylation sites (tertiary alicyclic amines) is 1. The van der Waals surface area contributed by atoms with E-state index in [2.05, 4.69) is 27.4 Å². The van der Waals surface area contributed by atoms with Crippen LogP contribution in [0, 0.1) is 0 Å². The van der Waals surface area contributed by atoms with E-state index in [-0.39, 0.29) is 18.1 Å². The average molecular weight is 430 g/mol. The number of guanidine groups is 1. The molecule has 2 fully saturated rings. The van der Waals surface area contributed by atoms with Crippen LogP contribution in [0.5, 0.6) is 0 Å². The number of hydrogen-bond acceptors (Lipinski definition) is 4. The standard InChI is InChI=1S/C24H39N5O2/c1-5-12-28-13-10-22(11-14-28)27-24(25-4)26-15-20-6-8-21(9-7-20)23(30)29-16-18(2)31-19(3)17-29/h6-9,18-19,22H,5,10-17H2,1-4H3,(H2,25,26,27). The highest BCUT2D eigenvalue weighted by molar-refractivity contribution is 5.94. The lowest BCUT2D eigenvalue weighted by molar-refractivity contribution is -0.0586. The van der Waals surface area contributed by atoms with Gasteiger partial charge in [-0.05, 0) is 57.4 Å². The topological polar surface area (TPSA) is 69.2 Å². The summed E-state index contributed by atoms with van der Waals surface area (Å²) in [6, 6.07) is 8.35. The minimum Gasteiger partial charge on any atom is -0.372 e. The molecule has 2 atom stereocenters. The quantitative estimate of drug-likeness (QED) is 0.537. The van der Waals surface area contributed by atoms with Crippen LogP contribution in [0.3, 0.4) is 0 Å². The fourth-order valence-electron chi connectivity index (χ4n) is 4.48. The van der Waals surface area contributed by atoms with E-state index in [1.807, 2.05) is 50.1 Å². The molecule has 0 aliphatic carbocycles.